The highest BCUT2D eigenvalue weighted by Crippen LogP contribution is 2.41. The largest absolute Gasteiger partial charge is 0.477 e. The quantitative estimate of drug-likeness (QED) is 0.248. The maximum absolute atomic E-state index is 12.7. The van der Waals surface area contributed by atoms with Crippen LogP contribution in [-0.4, -0.2) is 69.8 Å². The Kier molecular flexibility index (Phi) is 6.55. The first-order valence-electron chi connectivity index (χ1n) is 8.81. The average Bonchev–Trinajstić information content (AvgIpc) is 3.30. The van der Waals surface area contributed by atoms with Gasteiger partial charge in [0.25, 0.3) is 11.8 Å². The number of amides is 2. The van der Waals surface area contributed by atoms with Gasteiger partial charge in [-0.2, -0.15) is 0 Å². The molecule has 13 heteroatoms. The fraction of sp³-hybridized carbons (Fsp3) is 0.222. The van der Waals surface area contributed by atoms with Crippen LogP contribution in [0, 0.1) is 0 Å². The van der Waals surface area contributed by atoms with E-state index in [0.29, 0.717) is 27.0 Å². The summed E-state index contributed by atoms with van der Waals surface area (Å²) < 4.78 is 11.4. The molecule has 0 radical (unpaired) electrons. The minimum Gasteiger partial charge on any atom is -0.477 e. The third-order valence-corrected chi connectivity index (χ3v) is 8.43. The van der Waals surface area contributed by atoms with Crippen molar-refractivity contribution in [3.8, 4) is 0 Å². The van der Waals surface area contributed by atoms with Crippen molar-refractivity contribution in [1.29, 1.82) is 0 Å². The van der Waals surface area contributed by atoms with Gasteiger partial charge in [0.05, 0.1) is 11.1 Å². The van der Waals surface area contributed by atoms with Crippen molar-refractivity contribution in [1.82, 2.24) is 20.2 Å². The number of hydrogen-bond donors (Lipinski definition) is 2. The molecule has 9 nitrogen and oxygen atoms in total. The molecule has 2 amide bonds. The normalized spacial score (nSPS) is 20.0. The molecule has 2 aliphatic heterocycles. The molecule has 1 fully saturated rings. The predicted octanol–water partition coefficient (Wildman–Crippen LogP) is 0.803. The SMILES string of the molecule is O=S=C(C(=O)NC1C(=O)N2C(C(=O)O)=C(CSc3cnccn3)CS[C@H]12)c1cccs1. The summed E-state index contributed by atoms with van der Waals surface area (Å²) in [5, 5.41) is 14.2. The summed E-state index contributed by atoms with van der Waals surface area (Å²) in [6, 6.07) is 2.49. The van der Waals surface area contributed by atoms with E-state index in [9.17, 15) is 23.7 Å². The summed E-state index contributed by atoms with van der Waals surface area (Å²) in [7, 11) is 0. The van der Waals surface area contributed by atoms with E-state index in [1.54, 1.807) is 36.1 Å². The lowest BCUT2D eigenvalue weighted by Crippen LogP contribution is -2.71. The Morgan fingerprint density at radius 2 is 2.19 bits per heavy atom. The number of carboxylic acids is 1. The van der Waals surface area contributed by atoms with E-state index in [2.05, 4.69) is 15.3 Å². The molecule has 2 N–H and O–H groups in total. The topological polar surface area (TPSA) is 130 Å². The third-order valence-electron chi connectivity index (χ3n) is 4.50. The molecule has 2 aliphatic rings. The Bertz CT molecular complexity index is 1120. The maximum atomic E-state index is 12.7. The van der Waals surface area contributed by atoms with Crippen molar-refractivity contribution >= 4 is 68.8 Å². The van der Waals surface area contributed by atoms with E-state index in [1.165, 1.54) is 39.8 Å². The highest BCUT2D eigenvalue weighted by molar-refractivity contribution is 8.01. The number of nitrogens with zero attached hydrogens (tertiary/aromatic N) is 3. The van der Waals surface area contributed by atoms with Crippen LogP contribution in [0.15, 0.2) is 52.4 Å². The standard InChI is InChI=1S/C18H14N4O5S4/c23-15(14(31-27)10-2-1-5-28-10)21-12-16(24)22-13(18(25)26)9(8-30-17(12)22)7-29-11-6-19-3-4-20-11/h1-6,12,17H,7-8H2,(H,21,23)(H,25,26)/t12?,17-/m1/s1. The lowest BCUT2D eigenvalue weighted by molar-refractivity contribution is -0.150. The van der Waals surface area contributed by atoms with Gasteiger partial charge in [-0.25, -0.2) is 14.0 Å². The van der Waals surface area contributed by atoms with E-state index in [4.69, 9.17) is 0 Å². The lowest BCUT2D eigenvalue weighted by atomic mass is 10.0. The molecule has 0 aromatic carbocycles. The highest BCUT2D eigenvalue weighted by Gasteiger charge is 2.54. The van der Waals surface area contributed by atoms with E-state index in [1.807, 2.05) is 0 Å². The van der Waals surface area contributed by atoms with Gasteiger partial charge in [0.2, 0.25) is 0 Å². The Morgan fingerprint density at radius 1 is 1.35 bits per heavy atom. The maximum Gasteiger partial charge on any atom is 0.352 e. The number of carboxylic acid groups (broad SMARTS) is 1. The average molecular weight is 495 g/mol. The molecule has 31 heavy (non-hydrogen) atoms. The number of carbonyl (C=O) groups excluding carboxylic acids is 2. The van der Waals surface area contributed by atoms with Crippen molar-refractivity contribution in [2.75, 3.05) is 11.5 Å². The Balaban J connectivity index is 1.49. The van der Waals surface area contributed by atoms with Gasteiger partial charge in [-0.05, 0) is 17.0 Å². The van der Waals surface area contributed by atoms with Crippen LogP contribution in [0.2, 0.25) is 0 Å². The number of nitrogens with one attached hydrogen (secondary N) is 1. The van der Waals surface area contributed by atoms with Gasteiger partial charge in [-0.3, -0.25) is 19.5 Å². The fourth-order valence-electron chi connectivity index (χ4n) is 3.12. The Labute approximate surface area is 192 Å². The number of β-lactam (4-membered cyclic amide) rings is 1. The van der Waals surface area contributed by atoms with Crippen LogP contribution in [0.25, 0.3) is 0 Å². The van der Waals surface area contributed by atoms with E-state index in [0.717, 1.165) is 0 Å². The first kappa shape index (κ1) is 21.7. The molecule has 4 heterocycles. The van der Waals surface area contributed by atoms with Gasteiger partial charge >= 0.3 is 5.97 Å². The zero-order valence-corrected chi connectivity index (χ0v) is 18.9. The van der Waals surface area contributed by atoms with Gasteiger partial charge in [0.15, 0.2) is 0 Å². The summed E-state index contributed by atoms with van der Waals surface area (Å²) in [5.41, 5.74) is 0.541. The van der Waals surface area contributed by atoms with Gasteiger partial charge in [-0.15, -0.1) is 34.9 Å². The second-order valence-corrected chi connectivity index (χ2v) is 9.96. The zero-order chi connectivity index (χ0) is 22.0. The number of thiophene rings is 1. The number of aliphatic carboxylic acids is 1. The molecular weight excluding hydrogens is 480 g/mol. The van der Waals surface area contributed by atoms with E-state index in [-0.39, 0.29) is 21.8 Å². The molecule has 1 saturated heterocycles. The van der Waals surface area contributed by atoms with Crippen LogP contribution < -0.4 is 5.32 Å². The van der Waals surface area contributed by atoms with Crippen LogP contribution in [0.3, 0.4) is 0 Å². The third kappa shape index (κ3) is 4.31. The molecule has 2 aromatic heterocycles. The molecule has 2 atom stereocenters. The number of aromatic nitrogens is 2. The molecule has 160 valence electrons. The number of fused-ring (bicyclic) bond motifs is 1. The lowest BCUT2D eigenvalue weighted by Gasteiger charge is -2.49. The Hall–Kier alpha value is -2.48. The predicted molar refractivity (Wildman–Crippen MR) is 119 cm³/mol. The molecule has 0 spiro atoms. The number of thioether (sulfide) groups is 2. The van der Waals surface area contributed by atoms with Crippen molar-refractivity contribution in [2.24, 2.45) is 0 Å². The first-order chi connectivity index (χ1) is 15.0. The molecule has 0 saturated carbocycles. The summed E-state index contributed by atoms with van der Waals surface area (Å²) in [6.45, 7) is 0. The van der Waals surface area contributed by atoms with Crippen molar-refractivity contribution in [3.63, 3.8) is 0 Å². The summed E-state index contributed by atoms with van der Waals surface area (Å²) in [4.78, 5) is 47.1. The molecule has 4 rings (SSSR count). The molecule has 0 bridgehead atoms. The summed E-state index contributed by atoms with van der Waals surface area (Å²) in [6.07, 6.45) is 4.68. The highest BCUT2D eigenvalue weighted by atomic mass is 32.2. The Morgan fingerprint density at radius 3 is 2.84 bits per heavy atom. The first-order valence-corrected chi connectivity index (χ1v) is 12.5. The van der Waals surface area contributed by atoms with Crippen LogP contribution in [0.5, 0.6) is 0 Å². The van der Waals surface area contributed by atoms with Gasteiger partial charge < -0.3 is 10.4 Å². The fourth-order valence-corrected chi connectivity index (χ4v) is 6.62. The van der Waals surface area contributed by atoms with Gasteiger partial charge in [0, 0.05) is 23.9 Å². The minimum atomic E-state index is -1.20. The van der Waals surface area contributed by atoms with Crippen molar-refractivity contribution in [2.45, 2.75) is 16.4 Å². The molecule has 2 aromatic rings. The van der Waals surface area contributed by atoms with Crippen molar-refractivity contribution < 1.29 is 23.7 Å². The van der Waals surface area contributed by atoms with Crippen LogP contribution in [0.4, 0.5) is 0 Å². The van der Waals surface area contributed by atoms with Crippen LogP contribution in [0.1, 0.15) is 4.88 Å². The van der Waals surface area contributed by atoms with E-state index >= 15 is 0 Å². The molecular formula is C18H14N4O5S4. The number of rotatable bonds is 7. The second-order valence-electron chi connectivity index (χ2n) is 6.34. The number of hydrogen-bond acceptors (Lipinski definition) is 9. The van der Waals surface area contributed by atoms with Crippen molar-refractivity contribution in [3.05, 3.63) is 52.3 Å². The molecule has 0 aliphatic carbocycles. The molecule has 1 unspecified atom stereocenters. The smallest absolute Gasteiger partial charge is 0.352 e. The summed E-state index contributed by atoms with van der Waals surface area (Å²) in [5.74, 6) is -1.59. The van der Waals surface area contributed by atoms with Crippen LogP contribution in [-0.2, 0) is 25.6 Å². The number of carbonyl (C=O) groups is 3. The second kappa shape index (κ2) is 9.34. The van der Waals surface area contributed by atoms with E-state index < -0.39 is 29.2 Å². The van der Waals surface area contributed by atoms with Gasteiger partial charge in [0.1, 0.15) is 38.3 Å². The zero-order valence-electron chi connectivity index (χ0n) is 15.6. The van der Waals surface area contributed by atoms with Gasteiger partial charge in [-0.1, -0.05) is 6.07 Å². The minimum absolute atomic E-state index is 0.0166. The summed E-state index contributed by atoms with van der Waals surface area (Å²) >= 11 is 4.04. The monoisotopic (exact) mass is 494 g/mol. The van der Waals surface area contributed by atoms with Crippen LogP contribution >= 0.6 is 34.9 Å².